The van der Waals surface area contributed by atoms with E-state index in [1.54, 1.807) is 29.2 Å². The Morgan fingerprint density at radius 2 is 1.91 bits per heavy atom. The Labute approximate surface area is 189 Å². The highest BCUT2D eigenvalue weighted by Gasteiger charge is 2.37. The second kappa shape index (κ2) is 10.0. The van der Waals surface area contributed by atoms with Crippen LogP contribution in [0.5, 0.6) is 0 Å². The Bertz CT molecular complexity index is 1050. The lowest BCUT2D eigenvalue weighted by Gasteiger charge is -2.40. The average molecular weight is 455 g/mol. The van der Waals surface area contributed by atoms with E-state index in [4.69, 9.17) is 4.74 Å². The molecule has 32 heavy (non-hydrogen) atoms. The third kappa shape index (κ3) is 5.21. The summed E-state index contributed by atoms with van der Waals surface area (Å²) in [5.41, 5.74) is 2.21. The molecule has 0 unspecified atom stereocenters. The molecule has 1 aromatic heterocycles. The van der Waals surface area contributed by atoms with Gasteiger partial charge < -0.3 is 20.1 Å². The molecule has 1 saturated heterocycles. The number of rotatable bonds is 7. The minimum absolute atomic E-state index is 0.0987. The normalized spacial score (nSPS) is 18.6. The van der Waals surface area contributed by atoms with E-state index < -0.39 is 12.1 Å². The van der Waals surface area contributed by atoms with Crippen molar-refractivity contribution >= 4 is 28.8 Å². The van der Waals surface area contributed by atoms with Crippen molar-refractivity contribution in [3.8, 4) is 0 Å². The number of halogens is 1. The molecule has 1 fully saturated rings. The SMILES string of the molecule is O=C(Cc1cccs1)Nc1ccc([C@H]2OCC(=O)N(Cc3ccc(F)cc3)[C@@H]2CO)cc1. The fourth-order valence-corrected chi connectivity index (χ4v) is 4.44. The quantitative estimate of drug-likeness (QED) is 0.573. The number of thiophene rings is 1. The standard InChI is InChI=1S/C24H23FN2O4S/c25-18-7-3-16(4-8-18)13-27-21(14-28)24(31-15-23(27)30)17-5-9-19(10-6-17)26-22(29)12-20-2-1-11-32-20/h1-11,21,24,28H,12-15H2,(H,26,29)/t21-,24-/m1/s1. The van der Waals surface area contributed by atoms with Gasteiger partial charge in [-0.25, -0.2) is 4.39 Å². The summed E-state index contributed by atoms with van der Waals surface area (Å²) < 4.78 is 19.0. The predicted molar refractivity (Wildman–Crippen MR) is 120 cm³/mol. The van der Waals surface area contributed by atoms with Gasteiger partial charge in [0.25, 0.3) is 0 Å². The van der Waals surface area contributed by atoms with Gasteiger partial charge in [0, 0.05) is 17.1 Å². The zero-order valence-corrected chi connectivity index (χ0v) is 18.1. The summed E-state index contributed by atoms with van der Waals surface area (Å²) in [6, 6.07) is 16.4. The van der Waals surface area contributed by atoms with Crippen LogP contribution >= 0.6 is 11.3 Å². The van der Waals surface area contributed by atoms with Gasteiger partial charge in [0.05, 0.1) is 19.1 Å². The lowest BCUT2D eigenvalue weighted by atomic mass is 9.98. The highest BCUT2D eigenvalue weighted by Crippen LogP contribution is 2.31. The Kier molecular flexibility index (Phi) is 6.94. The molecule has 2 N–H and O–H groups in total. The number of ether oxygens (including phenoxy) is 1. The van der Waals surface area contributed by atoms with Gasteiger partial charge in [-0.1, -0.05) is 30.3 Å². The van der Waals surface area contributed by atoms with E-state index in [-0.39, 0.29) is 37.4 Å². The summed E-state index contributed by atoms with van der Waals surface area (Å²) >= 11 is 1.54. The Balaban J connectivity index is 1.45. The van der Waals surface area contributed by atoms with Crippen molar-refractivity contribution in [3.05, 3.63) is 87.9 Å². The molecule has 1 aliphatic heterocycles. The first-order valence-corrected chi connectivity index (χ1v) is 11.1. The number of hydrogen-bond donors (Lipinski definition) is 2. The average Bonchev–Trinajstić information content (AvgIpc) is 3.30. The number of nitrogens with one attached hydrogen (secondary N) is 1. The second-order valence-corrected chi connectivity index (χ2v) is 8.59. The zero-order valence-electron chi connectivity index (χ0n) is 17.2. The molecule has 2 heterocycles. The smallest absolute Gasteiger partial charge is 0.249 e. The van der Waals surface area contributed by atoms with Crippen molar-refractivity contribution in [1.29, 1.82) is 0 Å². The lowest BCUT2D eigenvalue weighted by Crippen LogP contribution is -2.52. The molecule has 0 radical (unpaired) electrons. The molecule has 2 amide bonds. The number of benzene rings is 2. The molecule has 0 saturated carbocycles. The van der Waals surface area contributed by atoms with Crippen molar-refractivity contribution in [2.45, 2.75) is 25.1 Å². The Morgan fingerprint density at radius 3 is 2.56 bits per heavy atom. The van der Waals surface area contributed by atoms with Crippen LogP contribution in [0, 0.1) is 5.82 Å². The highest BCUT2D eigenvalue weighted by atomic mass is 32.1. The molecule has 0 spiro atoms. The first-order valence-electron chi connectivity index (χ1n) is 10.2. The summed E-state index contributed by atoms with van der Waals surface area (Å²) in [5.74, 6) is -0.679. The van der Waals surface area contributed by atoms with Crippen LogP contribution in [0.4, 0.5) is 10.1 Å². The first-order chi connectivity index (χ1) is 15.5. The number of hydrogen-bond acceptors (Lipinski definition) is 5. The Hall–Kier alpha value is -3.07. The maximum Gasteiger partial charge on any atom is 0.249 e. The third-order valence-corrected chi connectivity index (χ3v) is 6.22. The van der Waals surface area contributed by atoms with Crippen LogP contribution < -0.4 is 5.32 Å². The summed E-state index contributed by atoms with van der Waals surface area (Å²) in [6.45, 7) is -0.139. The van der Waals surface area contributed by atoms with E-state index in [9.17, 15) is 19.1 Å². The van der Waals surface area contributed by atoms with Crippen LogP contribution in [0.15, 0.2) is 66.0 Å². The minimum atomic E-state index is -0.583. The summed E-state index contributed by atoms with van der Waals surface area (Å²) in [4.78, 5) is 27.3. The molecule has 0 bridgehead atoms. The van der Waals surface area contributed by atoms with Crippen molar-refractivity contribution in [2.24, 2.45) is 0 Å². The maximum absolute atomic E-state index is 13.2. The third-order valence-electron chi connectivity index (χ3n) is 5.35. The molecule has 166 valence electrons. The minimum Gasteiger partial charge on any atom is -0.394 e. The van der Waals surface area contributed by atoms with Gasteiger partial charge in [-0.3, -0.25) is 9.59 Å². The van der Waals surface area contributed by atoms with E-state index in [1.165, 1.54) is 23.5 Å². The zero-order chi connectivity index (χ0) is 22.5. The van der Waals surface area contributed by atoms with Crippen LogP contribution in [-0.4, -0.2) is 41.1 Å². The maximum atomic E-state index is 13.2. The predicted octanol–water partition coefficient (Wildman–Crippen LogP) is 3.53. The van der Waals surface area contributed by atoms with E-state index >= 15 is 0 Å². The van der Waals surface area contributed by atoms with Crippen LogP contribution in [0.25, 0.3) is 0 Å². The van der Waals surface area contributed by atoms with Gasteiger partial charge in [0.1, 0.15) is 18.5 Å². The van der Waals surface area contributed by atoms with E-state index in [0.29, 0.717) is 12.1 Å². The van der Waals surface area contributed by atoms with Crippen LogP contribution in [0.2, 0.25) is 0 Å². The summed E-state index contributed by atoms with van der Waals surface area (Å²) in [6.07, 6.45) is -0.202. The van der Waals surface area contributed by atoms with Crippen molar-refractivity contribution < 1.29 is 23.8 Å². The number of carbonyl (C=O) groups is 2. The van der Waals surface area contributed by atoms with Gasteiger partial charge in [-0.15, -0.1) is 11.3 Å². The number of nitrogens with zero attached hydrogens (tertiary/aromatic N) is 1. The lowest BCUT2D eigenvalue weighted by molar-refractivity contribution is -0.162. The fourth-order valence-electron chi connectivity index (χ4n) is 3.74. The summed E-state index contributed by atoms with van der Waals surface area (Å²) in [5, 5.41) is 14.8. The number of anilines is 1. The second-order valence-electron chi connectivity index (χ2n) is 7.56. The Morgan fingerprint density at radius 1 is 1.16 bits per heavy atom. The number of aliphatic hydroxyl groups is 1. The number of carbonyl (C=O) groups excluding carboxylic acids is 2. The van der Waals surface area contributed by atoms with E-state index in [1.807, 2.05) is 29.6 Å². The van der Waals surface area contributed by atoms with Crippen LogP contribution in [-0.2, 0) is 27.3 Å². The highest BCUT2D eigenvalue weighted by molar-refractivity contribution is 7.10. The van der Waals surface area contributed by atoms with Crippen LogP contribution in [0.3, 0.4) is 0 Å². The van der Waals surface area contributed by atoms with Gasteiger partial charge in [0.2, 0.25) is 11.8 Å². The molecule has 2 atom stereocenters. The van der Waals surface area contributed by atoms with E-state index in [2.05, 4.69) is 5.32 Å². The van der Waals surface area contributed by atoms with E-state index in [0.717, 1.165) is 16.0 Å². The topological polar surface area (TPSA) is 78.9 Å². The molecule has 6 nitrogen and oxygen atoms in total. The molecule has 3 aromatic rings. The molecule has 1 aliphatic rings. The van der Waals surface area contributed by atoms with Gasteiger partial charge >= 0.3 is 0 Å². The molecule has 4 rings (SSSR count). The first kappa shape index (κ1) is 22.1. The molecule has 0 aliphatic carbocycles. The fraction of sp³-hybridized carbons (Fsp3) is 0.250. The van der Waals surface area contributed by atoms with Crippen molar-refractivity contribution in [3.63, 3.8) is 0 Å². The van der Waals surface area contributed by atoms with Crippen molar-refractivity contribution in [1.82, 2.24) is 4.90 Å². The molecule has 2 aromatic carbocycles. The number of amides is 2. The molecular weight excluding hydrogens is 431 g/mol. The van der Waals surface area contributed by atoms with Crippen molar-refractivity contribution in [2.75, 3.05) is 18.5 Å². The van der Waals surface area contributed by atoms with Gasteiger partial charge in [-0.05, 0) is 46.8 Å². The molecule has 8 heteroatoms. The summed E-state index contributed by atoms with van der Waals surface area (Å²) in [7, 11) is 0. The molecular formula is C24H23FN2O4S. The monoisotopic (exact) mass is 454 g/mol. The van der Waals surface area contributed by atoms with Crippen LogP contribution in [0.1, 0.15) is 22.1 Å². The number of aliphatic hydroxyl groups excluding tert-OH is 1. The van der Waals surface area contributed by atoms with Gasteiger partial charge in [-0.2, -0.15) is 0 Å². The largest absolute Gasteiger partial charge is 0.394 e. The number of morpholine rings is 1. The van der Waals surface area contributed by atoms with Gasteiger partial charge in [0.15, 0.2) is 0 Å².